The predicted molar refractivity (Wildman–Crippen MR) is 89.3 cm³/mol. The molecule has 0 spiro atoms. The molecule has 0 amide bonds. The van der Waals surface area contributed by atoms with Gasteiger partial charge in [-0.05, 0) is 23.8 Å². The van der Waals surface area contributed by atoms with E-state index in [1.165, 1.54) is 0 Å². The molecular weight excluding hydrogens is 331 g/mol. The minimum Gasteiger partial charge on any atom is -0.294 e. The molecule has 2 aromatic carbocycles. The standard InChI is InChI=1S/C18H12Cl2N2O/c19-16-7-3-1-5-13(16)15(12(10-21)11-22)9-18(23)14-6-2-4-8-17(14)20/h1-8,12,15H,9H2. The van der Waals surface area contributed by atoms with E-state index >= 15 is 0 Å². The Labute approximate surface area is 144 Å². The predicted octanol–water partition coefficient (Wildman–Crippen LogP) is 5.01. The van der Waals surface area contributed by atoms with Crippen molar-refractivity contribution in [3.8, 4) is 12.1 Å². The quantitative estimate of drug-likeness (QED) is 0.717. The molecule has 23 heavy (non-hydrogen) atoms. The van der Waals surface area contributed by atoms with Crippen LogP contribution in [-0.2, 0) is 0 Å². The lowest BCUT2D eigenvalue weighted by Crippen LogP contribution is -2.15. The number of hydrogen-bond donors (Lipinski definition) is 0. The van der Waals surface area contributed by atoms with E-state index in [4.69, 9.17) is 23.2 Å². The zero-order valence-electron chi connectivity index (χ0n) is 12.0. The summed E-state index contributed by atoms with van der Waals surface area (Å²) in [4.78, 5) is 12.6. The van der Waals surface area contributed by atoms with Crippen LogP contribution in [0.4, 0.5) is 0 Å². The van der Waals surface area contributed by atoms with Crippen molar-refractivity contribution in [3.63, 3.8) is 0 Å². The normalized spacial score (nSPS) is 11.5. The third-order valence-corrected chi connectivity index (χ3v) is 4.24. The van der Waals surface area contributed by atoms with Crippen molar-refractivity contribution in [1.29, 1.82) is 10.5 Å². The number of halogens is 2. The van der Waals surface area contributed by atoms with Crippen molar-refractivity contribution >= 4 is 29.0 Å². The molecule has 1 unspecified atom stereocenters. The molecule has 0 fully saturated rings. The largest absolute Gasteiger partial charge is 0.294 e. The van der Waals surface area contributed by atoms with E-state index in [9.17, 15) is 15.3 Å². The zero-order valence-corrected chi connectivity index (χ0v) is 13.6. The van der Waals surface area contributed by atoms with Gasteiger partial charge in [-0.1, -0.05) is 53.5 Å². The molecule has 5 heteroatoms. The lowest BCUT2D eigenvalue weighted by Gasteiger charge is -2.18. The topological polar surface area (TPSA) is 64.7 Å². The van der Waals surface area contributed by atoms with Crippen LogP contribution in [0.25, 0.3) is 0 Å². The van der Waals surface area contributed by atoms with Crippen molar-refractivity contribution in [3.05, 3.63) is 69.7 Å². The van der Waals surface area contributed by atoms with Gasteiger partial charge in [0.2, 0.25) is 0 Å². The Morgan fingerprint density at radius 2 is 1.52 bits per heavy atom. The molecule has 0 aromatic heterocycles. The van der Waals surface area contributed by atoms with E-state index in [2.05, 4.69) is 0 Å². The fourth-order valence-electron chi connectivity index (χ4n) is 2.39. The Balaban J connectivity index is 2.39. The van der Waals surface area contributed by atoms with Gasteiger partial charge in [0.05, 0.1) is 17.2 Å². The second kappa shape index (κ2) is 7.79. The summed E-state index contributed by atoms with van der Waals surface area (Å²) in [5.41, 5.74) is 0.989. The smallest absolute Gasteiger partial charge is 0.165 e. The highest BCUT2D eigenvalue weighted by Crippen LogP contribution is 2.34. The number of nitriles is 2. The van der Waals surface area contributed by atoms with Crippen LogP contribution >= 0.6 is 23.2 Å². The number of carbonyl (C=O) groups excluding carboxylic acids is 1. The number of nitrogens with zero attached hydrogens (tertiary/aromatic N) is 2. The Hall–Kier alpha value is -2.33. The fourth-order valence-corrected chi connectivity index (χ4v) is 2.91. The van der Waals surface area contributed by atoms with E-state index in [-0.39, 0.29) is 12.2 Å². The van der Waals surface area contributed by atoms with Crippen LogP contribution < -0.4 is 0 Å². The van der Waals surface area contributed by atoms with E-state index in [1.807, 2.05) is 12.1 Å². The molecule has 0 heterocycles. The van der Waals surface area contributed by atoms with Gasteiger partial charge >= 0.3 is 0 Å². The molecule has 0 saturated carbocycles. The van der Waals surface area contributed by atoms with Crippen LogP contribution in [-0.4, -0.2) is 5.78 Å². The summed E-state index contributed by atoms with van der Waals surface area (Å²) in [7, 11) is 0. The molecule has 0 aliphatic rings. The first-order valence-electron chi connectivity index (χ1n) is 6.90. The average Bonchev–Trinajstić information content (AvgIpc) is 2.56. The summed E-state index contributed by atoms with van der Waals surface area (Å²) in [6, 6.07) is 17.5. The Kier molecular flexibility index (Phi) is 5.77. The molecule has 0 radical (unpaired) electrons. The molecule has 0 aliphatic carbocycles. The van der Waals surface area contributed by atoms with Crippen molar-refractivity contribution in [2.75, 3.05) is 0 Å². The summed E-state index contributed by atoms with van der Waals surface area (Å²) in [6.45, 7) is 0. The second-order valence-corrected chi connectivity index (χ2v) is 5.79. The highest BCUT2D eigenvalue weighted by Gasteiger charge is 2.28. The first-order valence-corrected chi connectivity index (χ1v) is 7.65. The van der Waals surface area contributed by atoms with Crippen LogP contribution in [0.2, 0.25) is 10.0 Å². The van der Waals surface area contributed by atoms with Gasteiger partial charge in [0, 0.05) is 22.9 Å². The van der Waals surface area contributed by atoms with E-state index < -0.39 is 11.8 Å². The molecule has 0 aliphatic heterocycles. The molecule has 1 atom stereocenters. The third-order valence-electron chi connectivity index (χ3n) is 3.56. The number of rotatable bonds is 5. The summed E-state index contributed by atoms with van der Waals surface area (Å²) < 4.78 is 0. The molecular formula is C18H12Cl2N2O. The van der Waals surface area contributed by atoms with Crippen molar-refractivity contribution in [1.82, 2.24) is 0 Å². The van der Waals surface area contributed by atoms with Gasteiger partial charge in [-0.15, -0.1) is 0 Å². The average molecular weight is 343 g/mol. The number of benzene rings is 2. The Morgan fingerprint density at radius 1 is 0.957 bits per heavy atom. The maximum Gasteiger partial charge on any atom is 0.165 e. The maximum absolute atomic E-state index is 12.6. The first kappa shape index (κ1) is 17.0. The van der Waals surface area contributed by atoms with Crippen LogP contribution in [0.5, 0.6) is 0 Å². The zero-order chi connectivity index (χ0) is 16.8. The molecule has 2 aromatic rings. The molecule has 2 rings (SSSR count). The highest BCUT2D eigenvalue weighted by molar-refractivity contribution is 6.34. The number of ketones is 1. The molecule has 3 nitrogen and oxygen atoms in total. The number of hydrogen-bond acceptors (Lipinski definition) is 3. The molecule has 0 N–H and O–H groups in total. The van der Waals surface area contributed by atoms with E-state index in [1.54, 1.807) is 48.5 Å². The third kappa shape index (κ3) is 3.90. The molecule has 0 bridgehead atoms. The van der Waals surface area contributed by atoms with Crippen molar-refractivity contribution in [2.45, 2.75) is 12.3 Å². The van der Waals surface area contributed by atoms with Gasteiger partial charge in [0.1, 0.15) is 5.92 Å². The van der Waals surface area contributed by atoms with Gasteiger partial charge < -0.3 is 0 Å². The summed E-state index contributed by atoms with van der Waals surface area (Å²) in [6.07, 6.45) is -0.0146. The maximum atomic E-state index is 12.6. The lowest BCUT2D eigenvalue weighted by atomic mass is 9.82. The number of carbonyl (C=O) groups is 1. The van der Waals surface area contributed by atoms with Gasteiger partial charge in [0.25, 0.3) is 0 Å². The van der Waals surface area contributed by atoms with Gasteiger partial charge in [-0.25, -0.2) is 0 Å². The SMILES string of the molecule is N#CC(C#N)C(CC(=O)c1ccccc1Cl)c1ccccc1Cl. The lowest BCUT2D eigenvalue weighted by molar-refractivity contribution is 0.0971. The summed E-state index contributed by atoms with van der Waals surface area (Å²) in [5.74, 6) is -1.81. The van der Waals surface area contributed by atoms with Crippen LogP contribution in [0.1, 0.15) is 28.3 Å². The Bertz CT molecular complexity index is 791. The second-order valence-electron chi connectivity index (χ2n) is 4.97. The fraction of sp³-hybridized carbons (Fsp3) is 0.167. The van der Waals surface area contributed by atoms with E-state index in [0.717, 1.165) is 0 Å². The molecule has 114 valence electrons. The highest BCUT2D eigenvalue weighted by atomic mass is 35.5. The van der Waals surface area contributed by atoms with Crippen molar-refractivity contribution < 1.29 is 4.79 Å². The summed E-state index contributed by atoms with van der Waals surface area (Å²) in [5, 5.41) is 19.2. The monoisotopic (exact) mass is 342 g/mol. The van der Waals surface area contributed by atoms with E-state index in [0.29, 0.717) is 21.2 Å². The van der Waals surface area contributed by atoms with Gasteiger partial charge in [0.15, 0.2) is 5.78 Å². The summed E-state index contributed by atoms with van der Waals surface area (Å²) >= 11 is 12.2. The van der Waals surface area contributed by atoms with Crippen LogP contribution in [0, 0.1) is 28.6 Å². The van der Waals surface area contributed by atoms with Crippen LogP contribution in [0.15, 0.2) is 48.5 Å². The first-order chi connectivity index (χ1) is 11.1. The Morgan fingerprint density at radius 3 is 2.09 bits per heavy atom. The molecule has 0 saturated heterocycles. The minimum absolute atomic E-state index is 0.0146. The number of Topliss-reactive ketones (excluding diaryl/α,β-unsaturated/α-hetero) is 1. The minimum atomic E-state index is -0.971. The van der Waals surface area contributed by atoms with Crippen molar-refractivity contribution in [2.24, 2.45) is 5.92 Å². The van der Waals surface area contributed by atoms with Gasteiger partial charge in [-0.3, -0.25) is 4.79 Å². The van der Waals surface area contributed by atoms with Crippen LogP contribution in [0.3, 0.4) is 0 Å². The van der Waals surface area contributed by atoms with Gasteiger partial charge in [-0.2, -0.15) is 10.5 Å².